The van der Waals surface area contributed by atoms with E-state index in [4.69, 9.17) is 9.97 Å². The molecular formula is C50H52N4P+. The number of benzene rings is 3. The van der Waals surface area contributed by atoms with Crippen LogP contribution in [0, 0.1) is 20.8 Å². The van der Waals surface area contributed by atoms with Crippen LogP contribution in [-0.4, -0.2) is 26.1 Å². The van der Waals surface area contributed by atoms with E-state index < -0.39 is 7.26 Å². The number of hydrogen-bond acceptors (Lipinski definition) is 2. The number of nitrogens with one attached hydrogen (secondary N) is 2. The van der Waals surface area contributed by atoms with Gasteiger partial charge in [0.25, 0.3) is 0 Å². The van der Waals surface area contributed by atoms with Crippen molar-refractivity contribution >= 4 is 63.0 Å². The van der Waals surface area contributed by atoms with Crippen LogP contribution in [0.4, 0.5) is 0 Å². The molecule has 5 heterocycles. The molecule has 0 radical (unpaired) electrons. The first-order valence-electron chi connectivity index (χ1n) is 19.8. The summed E-state index contributed by atoms with van der Waals surface area (Å²) in [4.78, 5) is 18.4. The van der Waals surface area contributed by atoms with Crippen LogP contribution in [0.1, 0.15) is 96.0 Å². The molecule has 0 amide bonds. The van der Waals surface area contributed by atoms with Gasteiger partial charge in [-0.3, -0.25) is 4.98 Å². The number of H-pyrrole nitrogens is 2. The molecule has 0 spiro atoms. The van der Waals surface area contributed by atoms with Gasteiger partial charge in [-0.15, -0.1) is 0 Å². The molecule has 2 aliphatic heterocycles. The molecule has 2 atom stereocenters. The Morgan fingerprint density at radius 3 is 1.85 bits per heavy atom. The summed E-state index contributed by atoms with van der Waals surface area (Å²) in [7, 11) is -1.95. The molecule has 55 heavy (non-hydrogen) atoms. The number of hydrogen-bond donors (Lipinski definition) is 2. The van der Waals surface area contributed by atoms with Crippen molar-refractivity contribution in [1.29, 1.82) is 0 Å². The van der Waals surface area contributed by atoms with Crippen molar-refractivity contribution in [3.8, 4) is 0 Å². The number of rotatable bonds is 9. The molecule has 0 saturated heterocycles. The highest BCUT2D eigenvalue weighted by Crippen LogP contribution is 2.56. The lowest BCUT2D eigenvalue weighted by atomic mass is 9.86. The van der Waals surface area contributed by atoms with E-state index >= 15 is 0 Å². The molecule has 0 fully saturated rings. The van der Waals surface area contributed by atoms with E-state index in [1.165, 1.54) is 49.4 Å². The lowest BCUT2D eigenvalue weighted by Gasteiger charge is -2.28. The fourth-order valence-corrected chi connectivity index (χ4v) is 13.5. The van der Waals surface area contributed by atoms with Crippen LogP contribution < -0.4 is 15.9 Å². The van der Waals surface area contributed by atoms with Gasteiger partial charge in [0, 0.05) is 50.9 Å². The minimum Gasteiger partial charge on any atom is -0.355 e. The number of allylic oxidation sites excluding steroid dienone is 1. The Kier molecular flexibility index (Phi) is 10.1. The van der Waals surface area contributed by atoms with Crippen molar-refractivity contribution in [3.05, 3.63) is 166 Å². The van der Waals surface area contributed by atoms with Gasteiger partial charge >= 0.3 is 0 Å². The third-order valence-electron chi connectivity index (χ3n) is 12.3. The lowest BCUT2D eigenvalue weighted by Crippen LogP contribution is -2.33. The van der Waals surface area contributed by atoms with Gasteiger partial charge in [0.05, 0.1) is 17.5 Å². The molecule has 3 aromatic heterocycles. The largest absolute Gasteiger partial charge is 0.355 e. The van der Waals surface area contributed by atoms with Crippen molar-refractivity contribution in [3.63, 3.8) is 0 Å². The van der Waals surface area contributed by atoms with Crippen LogP contribution in [0.5, 0.6) is 0 Å². The highest BCUT2D eigenvalue weighted by atomic mass is 31.2. The van der Waals surface area contributed by atoms with E-state index in [0.717, 1.165) is 70.1 Å². The normalized spacial score (nSPS) is 15.6. The molecule has 2 aliphatic rings. The first kappa shape index (κ1) is 36.7. The maximum atomic E-state index is 5.53. The number of nitrogens with zero attached hydrogens (tertiary/aromatic N) is 2. The van der Waals surface area contributed by atoms with E-state index in [2.05, 4.69) is 173 Å². The van der Waals surface area contributed by atoms with Crippen LogP contribution >= 0.6 is 7.26 Å². The van der Waals surface area contributed by atoms with E-state index in [1.54, 1.807) is 0 Å². The Morgan fingerprint density at radius 1 is 0.691 bits per heavy atom. The second-order valence-electron chi connectivity index (χ2n) is 15.4. The van der Waals surface area contributed by atoms with Gasteiger partial charge in [-0.1, -0.05) is 81.1 Å². The van der Waals surface area contributed by atoms with E-state index in [1.807, 2.05) is 6.08 Å². The van der Waals surface area contributed by atoms with Gasteiger partial charge in [-0.05, 0) is 135 Å². The van der Waals surface area contributed by atoms with E-state index in [-0.39, 0.29) is 11.8 Å². The Hall–Kier alpha value is -5.31. The van der Waals surface area contributed by atoms with Gasteiger partial charge in [-0.2, -0.15) is 0 Å². The minimum absolute atomic E-state index is 0.239. The van der Waals surface area contributed by atoms with E-state index in [0.29, 0.717) is 0 Å². The third kappa shape index (κ3) is 6.51. The van der Waals surface area contributed by atoms with Crippen molar-refractivity contribution in [1.82, 2.24) is 19.9 Å². The zero-order valence-electron chi connectivity index (χ0n) is 33.1. The van der Waals surface area contributed by atoms with Crippen LogP contribution in [0.15, 0.2) is 116 Å². The number of fused-ring (bicyclic) bond motifs is 8. The molecule has 2 N–H and O–H groups in total. The Bertz CT molecular complexity index is 2480. The molecule has 5 heteroatoms. The quantitative estimate of drug-likeness (QED) is 0.145. The molecule has 276 valence electrons. The molecule has 0 saturated carbocycles. The van der Waals surface area contributed by atoms with Crippen LogP contribution in [0.2, 0.25) is 0 Å². The van der Waals surface area contributed by atoms with Crippen molar-refractivity contribution in [2.24, 2.45) is 0 Å². The van der Waals surface area contributed by atoms with Gasteiger partial charge in [-0.25, -0.2) is 4.98 Å². The highest BCUT2D eigenvalue weighted by molar-refractivity contribution is 7.95. The van der Waals surface area contributed by atoms with Crippen LogP contribution in [-0.2, 0) is 6.42 Å². The number of aromatic nitrogens is 4. The van der Waals surface area contributed by atoms with Crippen LogP contribution in [0.3, 0.4) is 0 Å². The second-order valence-corrected chi connectivity index (χ2v) is 19.0. The summed E-state index contributed by atoms with van der Waals surface area (Å²) >= 11 is 0. The third-order valence-corrected chi connectivity index (χ3v) is 16.8. The predicted octanol–water partition coefficient (Wildman–Crippen LogP) is 11.7. The van der Waals surface area contributed by atoms with Gasteiger partial charge in [0.1, 0.15) is 23.2 Å². The van der Waals surface area contributed by atoms with Gasteiger partial charge in [0.15, 0.2) is 0 Å². The molecule has 8 bridgehead atoms. The number of aryl methyl sites for hydroxylation is 3. The van der Waals surface area contributed by atoms with Crippen molar-refractivity contribution in [2.45, 2.75) is 72.6 Å². The van der Waals surface area contributed by atoms with Crippen molar-refractivity contribution < 1.29 is 0 Å². The standard InChI is InChI=1S/C50H52N4P/c1-8-40-34(5)46-31-49-41(9-2)33(4)45(52-49)30-47-35(6)42(50(54-47)36(7)44-28-32(3)43(51-44)29-48(40)53-46)26-19-27-55(37-20-13-10-14-21-37,38-22-15-11-16-23-38)39-24-17-12-18-25-39/h9-18,20-25,28-31,35,42,52-53H,2,8,19,26-27H2,1,3-7H3/q+1/t35-,42-/m0/s1. The first-order valence-corrected chi connectivity index (χ1v) is 21.8. The summed E-state index contributed by atoms with van der Waals surface area (Å²) in [5.74, 6) is 0.499. The molecule has 0 unspecified atom stereocenters. The second kappa shape index (κ2) is 15.1. The van der Waals surface area contributed by atoms with Gasteiger partial charge < -0.3 is 9.97 Å². The summed E-state index contributed by atoms with van der Waals surface area (Å²) in [6, 6.07) is 40.6. The summed E-state index contributed by atoms with van der Waals surface area (Å²) in [6.07, 6.45) is 8.37. The number of aromatic amines is 2. The average molecular weight is 740 g/mol. The molecule has 4 nitrogen and oxygen atoms in total. The summed E-state index contributed by atoms with van der Waals surface area (Å²) < 4.78 is 0. The highest BCUT2D eigenvalue weighted by Gasteiger charge is 2.45. The fraction of sp³-hybridized carbons (Fsp3) is 0.240. The predicted molar refractivity (Wildman–Crippen MR) is 239 cm³/mol. The molecule has 3 aromatic carbocycles. The average Bonchev–Trinajstić information content (AvgIpc) is 3.92. The summed E-state index contributed by atoms with van der Waals surface area (Å²) in [6.45, 7) is 17.7. The van der Waals surface area contributed by atoms with Crippen LogP contribution in [0.25, 0.3) is 39.8 Å². The zero-order chi connectivity index (χ0) is 38.3. The van der Waals surface area contributed by atoms with E-state index in [9.17, 15) is 0 Å². The smallest absolute Gasteiger partial charge is 0.112 e. The van der Waals surface area contributed by atoms with Gasteiger partial charge in [0.2, 0.25) is 0 Å². The monoisotopic (exact) mass is 739 g/mol. The zero-order valence-corrected chi connectivity index (χ0v) is 34.0. The molecule has 6 aromatic rings. The summed E-state index contributed by atoms with van der Waals surface area (Å²) in [5, 5.41) is 4.31. The first-order chi connectivity index (χ1) is 26.7. The summed E-state index contributed by atoms with van der Waals surface area (Å²) in [5.41, 5.74) is 16.0. The molecule has 8 rings (SSSR count). The SMILES string of the molecule is C=Cc1c(C)c2cc3nc(c(C)c4nc(cc5[nH]c(cc1[nH]2)c(C)c5CC)C(C)=C4)[C@@H](CCC[P+](c1ccccc1)(c1ccccc1)c1ccccc1)[C@@H]3C. The lowest BCUT2D eigenvalue weighted by molar-refractivity contribution is 0.549. The Labute approximate surface area is 326 Å². The molecular weight excluding hydrogens is 688 g/mol. The Morgan fingerprint density at radius 2 is 1.27 bits per heavy atom. The van der Waals surface area contributed by atoms with Crippen molar-refractivity contribution in [2.75, 3.05) is 6.16 Å². The minimum atomic E-state index is -1.95. The topological polar surface area (TPSA) is 57.4 Å². The Balaban J connectivity index is 1.29. The fourth-order valence-electron chi connectivity index (χ4n) is 9.11. The maximum Gasteiger partial charge on any atom is 0.112 e. The molecule has 0 aliphatic carbocycles. The maximum absolute atomic E-state index is 5.53.